The largest absolute Gasteiger partial charge is 0.456 e. The molecule has 0 radical (unpaired) electrons. The number of anilines is 1. The second-order valence-electron chi connectivity index (χ2n) is 7.54. The molecule has 0 saturated heterocycles. The Morgan fingerprint density at radius 2 is 1.71 bits per heavy atom. The molecule has 5 rings (SSSR count). The molecule has 35 heavy (non-hydrogen) atoms. The van der Waals surface area contributed by atoms with E-state index in [1.165, 1.54) is 0 Å². The number of hydrogen-bond acceptors (Lipinski definition) is 5. The van der Waals surface area contributed by atoms with Crippen molar-refractivity contribution in [2.75, 3.05) is 5.32 Å². The number of ether oxygens (including phenoxy) is 1. The Kier molecular flexibility index (Phi) is 5.61. The van der Waals surface area contributed by atoms with Gasteiger partial charge in [0.15, 0.2) is 5.69 Å². The van der Waals surface area contributed by atoms with E-state index in [9.17, 15) is 18.0 Å². The van der Waals surface area contributed by atoms with Gasteiger partial charge in [0, 0.05) is 23.3 Å². The minimum Gasteiger partial charge on any atom is -0.456 e. The lowest BCUT2D eigenvalue weighted by Crippen LogP contribution is -2.14. The van der Waals surface area contributed by atoms with Crippen LogP contribution in [0.3, 0.4) is 0 Å². The van der Waals surface area contributed by atoms with Crippen LogP contribution in [0, 0.1) is 0 Å². The van der Waals surface area contributed by atoms with E-state index in [0.717, 1.165) is 23.3 Å². The quantitative estimate of drug-likeness (QED) is 0.321. The number of H-pyrrole nitrogens is 1. The average Bonchev–Trinajstić information content (AvgIpc) is 3.28. The van der Waals surface area contributed by atoms with E-state index in [2.05, 4.69) is 25.5 Å². The highest BCUT2D eigenvalue weighted by molar-refractivity contribution is 6.11. The Morgan fingerprint density at radius 1 is 0.886 bits per heavy atom. The lowest BCUT2D eigenvalue weighted by atomic mass is 10.0. The molecule has 3 aromatic heterocycles. The Balaban J connectivity index is 1.40. The third kappa shape index (κ3) is 4.81. The van der Waals surface area contributed by atoms with Crippen molar-refractivity contribution in [3.63, 3.8) is 0 Å². The molecule has 0 aliphatic heterocycles. The van der Waals surface area contributed by atoms with Crippen LogP contribution in [0.5, 0.6) is 11.5 Å². The third-order valence-corrected chi connectivity index (χ3v) is 5.14. The molecule has 3 heterocycles. The van der Waals surface area contributed by atoms with Crippen molar-refractivity contribution < 1.29 is 22.7 Å². The van der Waals surface area contributed by atoms with E-state index in [1.807, 2.05) is 42.5 Å². The maximum absolute atomic E-state index is 12.8. The Morgan fingerprint density at radius 3 is 2.46 bits per heavy atom. The number of aromatic amines is 1. The molecule has 2 N–H and O–H groups in total. The number of alkyl halides is 3. The number of halogens is 3. The first-order valence-electron chi connectivity index (χ1n) is 10.4. The number of rotatable bonds is 5. The molecule has 1 amide bonds. The first kappa shape index (κ1) is 22.1. The summed E-state index contributed by atoms with van der Waals surface area (Å²) in [7, 11) is 0. The Bertz CT molecular complexity index is 1500. The van der Waals surface area contributed by atoms with E-state index in [0.29, 0.717) is 28.6 Å². The SMILES string of the molecule is O=C(Nc1ccc(C(F)(F)F)cn1)c1n[nH]c2ccc(-c3cncc(Oc4ccccc4)c3)cc12. The Hall–Kier alpha value is -4.73. The predicted molar refractivity (Wildman–Crippen MR) is 123 cm³/mol. The van der Waals surface area contributed by atoms with Gasteiger partial charge in [-0.1, -0.05) is 24.3 Å². The normalized spacial score (nSPS) is 11.4. The van der Waals surface area contributed by atoms with Gasteiger partial charge in [0.05, 0.1) is 17.3 Å². The van der Waals surface area contributed by atoms with Gasteiger partial charge < -0.3 is 10.1 Å². The summed E-state index contributed by atoms with van der Waals surface area (Å²) in [5.74, 6) is 0.588. The zero-order valence-electron chi connectivity index (χ0n) is 17.9. The highest BCUT2D eigenvalue weighted by Gasteiger charge is 2.30. The van der Waals surface area contributed by atoms with E-state index < -0.39 is 17.6 Å². The molecule has 0 spiro atoms. The molecule has 0 aliphatic carbocycles. The number of pyridine rings is 2. The van der Waals surface area contributed by atoms with Crippen LogP contribution in [0.15, 0.2) is 85.3 Å². The number of amides is 1. The number of nitrogens with one attached hydrogen (secondary N) is 2. The summed E-state index contributed by atoms with van der Waals surface area (Å²) in [5.41, 5.74) is 1.32. The fourth-order valence-electron chi connectivity index (χ4n) is 3.43. The van der Waals surface area contributed by atoms with Crippen LogP contribution < -0.4 is 10.1 Å². The van der Waals surface area contributed by atoms with Gasteiger partial charge in [0.25, 0.3) is 5.91 Å². The van der Waals surface area contributed by atoms with Crippen LogP contribution in [0.25, 0.3) is 22.0 Å². The highest BCUT2D eigenvalue weighted by atomic mass is 19.4. The van der Waals surface area contributed by atoms with Gasteiger partial charge in [-0.15, -0.1) is 0 Å². The number of nitrogens with zero attached hydrogens (tertiary/aromatic N) is 3. The lowest BCUT2D eigenvalue weighted by Gasteiger charge is -2.08. The van der Waals surface area contributed by atoms with Gasteiger partial charge in [-0.05, 0) is 48.0 Å². The van der Waals surface area contributed by atoms with Crippen LogP contribution in [0.2, 0.25) is 0 Å². The maximum Gasteiger partial charge on any atom is 0.417 e. The van der Waals surface area contributed by atoms with Gasteiger partial charge >= 0.3 is 6.18 Å². The van der Waals surface area contributed by atoms with Crippen molar-refractivity contribution >= 4 is 22.6 Å². The van der Waals surface area contributed by atoms with Gasteiger partial charge in [0.1, 0.15) is 17.3 Å². The molecule has 0 aliphatic rings. The molecule has 2 aromatic carbocycles. The number of carbonyl (C=O) groups excluding carboxylic acids is 1. The van der Waals surface area contributed by atoms with Gasteiger partial charge in [-0.25, -0.2) is 4.98 Å². The second kappa shape index (κ2) is 8.90. The summed E-state index contributed by atoms with van der Waals surface area (Å²) in [4.78, 5) is 20.7. The van der Waals surface area contributed by atoms with E-state index in [4.69, 9.17) is 4.74 Å². The molecule has 5 aromatic rings. The molecule has 0 fully saturated rings. The molecule has 174 valence electrons. The number of hydrogen-bond donors (Lipinski definition) is 2. The van der Waals surface area contributed by atoms with E-state index in [1.54, 1.807) is 24.5 Å². The third-order valence-electron chi connectivity index (χ3n) is 5.14. The highest BCUT2D eigenvalue weighted by Crippen LogP contribution is 2.30. The summed E-state index contributed by atoms with van der Waals surface area (Å²) in [6.45, 7) is 0. The summed E-state index contributed by atoms with van der Waals surface area (Å²) in [5, 5.41) is 9.87. The topological polar surface area (TPSA) is 92.8 Å². The zero-order valence-corrected chi connectivity index (χ0v) is 17.9. The average molecular weight is 475 g/mol. The second-order valence-corrected chi connectivity index (χ2v) is 7.54. The van der Waals surface area contributed by atoms with Crippen molar-refractivity contribution in [3.05, 3.63) is 96.6 Å². The van der Waals surface area contributed by atoms with Gasteiger partial charge in [0.2, 0.25) is 0 Å². The van der Waals surface area contributed by atoms with Crippen molar-refractivity contribution in [2.45, 2.75) is 6.18 Å². The van der Waals surface area contributed by atoms with Crippen LogP contribution in [-0.4, -0.2) is 26.1 Å². The first-order valence-corrected chi connectivity index (χ1v) is 10.4. The van der Waals surface area contributed by atoms with Crippen LogP contribution in [0.1, 0.15) is 16.1 Å². The standard InChI is InChI=1S/C25H16F3N5O2/c26-25(27,28)17-7-9-22(30-13-17)31-24(34)23-20-11-15(6-8-21(20)32-33-23)16-10-19(14-29-12-16)35-18-4-2-1-3-5-18/h1-14H,(H,32,33)(H,30,31,34). The van der Waals surface area contributed by atoms with Gasteiger partial charge in [-0.3, -0.25) is 14.9 Å². The molecule has 7 nitrogen and oxygen atoms in total. The predicted octanol–water partition coefficient (Wildman–Crippen LogP) is 6.08. The number of carbonyl (C=O) groups is 1. The van der Waals surface area contributed by atoms with E-state index >= 15 is 0 Å². The fourth-order valence-corrected chi connectivity index (χ4v) is 3.43. The van der Waals surface area contributed by atoms with Crippen molar-refractivity contribution in [1.29, 1.82) is 0 Å². The minimum absolute atomic E-state index is 0.0229. The summed E-state index contributed by atoms with van der Waals surface area (Å²) in [6.07, 6.45) is -0.579. The molecular formula is C25H16F3N5O2. The van der Waals surface area contributed by atoms with Crippen LogP contribution >= 0.6 is 0 Å². The Labute approximate surface area is 196 Å². The monoisotopic (exact) mass is 475 g/mol. The number of para-hydroxylation sites is 1. The molecule has 0 unspecified atom stereocenters. The number of benzene rings is 2. The lowest BCUT2D eigenvalue weighted by molar-refractivity contribution is -0.137. The molecule has 10 heteroatoms. The van der Waals surface area contributed by atoms with Crippen molar-refractivity contribution in [3.8, 4) is 22.6 Å². The van der Waals surface area contributed by atoms with Crippen LogP contribution in [-0.2, 0) is 6.18 Å². The number of aromatic nitrogens is 4. The molecule has 0 bridgehead atoms. The van der Waals surface area contributed by atoms with Gasteiger partial charge in [-0.2, -0.15) is 18.3 Å². The van der Waals surface area contributed by atoms with Crippen LogP contribution in [0.4, 0.5) is 19.0 Å². The fraction of sp³-hybridized carbons (Fsp3) is 0.0400. The summed E-state index contributed by atoms with van der Waals surface area (Å²) >= 11 is 0. The van der Waals surface area contributed by atoms with E-state index in [-0.39, 0.29) is 11.5 Å². The van der Waals surface area contributed by atoms with Crippen molar-refractivity contribution in [2.24, 2.45) is 0 Å². The number of fused-ring (bicyclic) bond motifs is 1. The van der Waals surface area contributed by atoms with Crippen molar-refractivity contribution in [1.82, 2.24) is 20.2 Å². The molecular weight excluding hydrogens is 459 g/mol. The minimum atomic E-state index is -4.51. The molecule has 0 saturated carbocycles. The summed E-state index contributed by atoms with van der Waals surface area (Å²) in [6, 6.07) is 18.5. The maximum atomic E-state index is 12.8. The summed E-state index contributed by atoms with van der Waals surface area (Å²) < 4.78 is 44.1. The smallest absolute Gasteiger partial charge is 0.417 e. The molecule has 0 atom stereocenters. The zero-order chi connectivity index (χ0) is 24.4. The first-order chi connectivity index (χ1) is 16.9.